The van der Waals surface area contributed by atoms with Crippen molar-refractivity contribution >= 4 is 17.7 Å². The van der Waals surface area contributed by atoms with E-state index in [0.717, 1.165) is 0 Å². The van der Waals surface area contributed by atoms with Crippen molar-refractivity contribution in [3.05, 3.63) is 80.8 Å². The summed E-state index contributed by atoms with van der Waals surface area (Å²) >= 11 is 0. The third-order valence-electron chi connectivity index (χ3n) is 4.98. The Labute approximate surface area is 174 Å². The van der Waals surface area contributed by atoms with Crippen LogP contribution in [0.1, 0.15) is 22.4 Å². The molecule has 0 bridgehead atoms. The van der Waals surface area contributed by atoms with Gasteiger partial charge in [0.25, 0.3) is 11.5 Å². The Balaban J connectivity index is 1.98. The number of nitrogens with zero attached hydrogens (tertiary/aromatic N) is 3. The van der Waals surface area contributed by atoms with Crippen LogP contribution in [0.3, 0.4) is 0 Å². The lowest BCUT2D eigenvalue weighted by atomic mass is 10.0. The highest BCUT2D eigenvalue weighted by atomic mass is 16.3. The van der Waals surface area contributed by atoms with Crippen molar-refractivity contribution in [3.63, 3.8) is 0 Å². The van der Waals surface area contributed by atoms with Crippen molar-refractivity contribution in [2.75, 3.05) is 5.32 Å². The van der Waals surface area contributed by atoms with Gasteiger partial charge in [0.05, 0.1) is 11.4 Å². The molecule has 7 nitrogen and oxygen atoms in total. The van der Waals surface area contributed by atoms with E-state index in [1.807, 2.05) is 24.3 Å². The summed E-state index contributed by atoms with van der Waals surface area (Å²) in [6.07, 6.45) is 1.43. The quantitative estimate of drug-likeness (QED) is 0.516. The number of hydrogen-bond acceptors (Lipinski definition) is 4. The molecule has 0 aliphatic carbocycles. The van der Waals surface area contributed by atoms with Gasteiger partial charge >= 0.3 is 0 Å². The summed E-state index contributed by atoms with van der Waals surface area (Å²) in [4.78, 5) is 25.7. The van der Waals surface area contributed by atoms with Gasteiger partial charge in [-0.05, 0) is 67.8 Å². The van der Waals surface area contributed by atoms with Crippen LogP contribution in [0, 0.1) is 32.1 Å². The van der Waals surface area contributed by atoms with Gasteiger partial charge in [-0.15, -0.1) is 0 Å². The van der Waals surface area contributed by atoms with Crippen molar-refractivity contribution in [3.8, 4) is 17.5 Å². The monoisotopic (exact) mass is 402 g/mol. The number of aromatic nitrogens is 2. The van der Waals surface area contributed by atoms with Crippen molar-refractivity contribution in [1.82, 2.24) is 9.36 Å². The normalized spacial score (nSPS) is 11.2. The molecular weight excluding hydrogens is 380 g/mol. The lowest BCUT2D eigenvalue weighted by molar-refractivity contribution is -0.112. The summed E-state index contributed by atoms with van der Waals surface area (Å²) < 4.78 is 3.10. The number of amides is 1. The number of para-hydroxylation sites is 1. The SMILES string of the molecule is Cc1cc(/C=C(\C#N)C(=O)Nc2c(C)n(C)n(-c3ccccc3)c2=O)cc(C)c1O. The van der Waals surface area contributed by atoms with E-state index in [0.29, 0.717) is 28.1 Å². The van der Waals surface area contributed by atoms with Gasteiger partial charge in [0, 0.05) is 7.05 Å². The number of hydrogen-bond donors (Lipinski definition) is 2. The van der Waals surface area contributed by atoms with E-state index in [1.54, 1.807) is 56.8 Å². The maximum atomic E-state index is 12.9. The fourth-order valence-corrected chi connectivity index (χ4v) is 3.28. The number of carbonyl (C=O) groups is 1. The van der Waals surface area contributed by atoms with E-state index in [4.69, 9.17) is 0 Å². The summed E-state index contributed by atoms with van der Waals surface area (Å²) in [5.41, 5.74) is 2.71. The number of nitrogens with one attached hydrogen (secondary N) is 1. The maximum Gasteiger partial charge on any atom is 0.295 e. The number of rotatable bonds is 4. The number of aryl methyl sites for hydroxylation is 2. The number of phenols is 1. The Morgan fingerprint density at radius 1 is 1.13 bits per heavy atom. The van der Waals surface area contributed by atoms with E-state index >= 15 is 0 Å². The summed E-state index contributed by atoms with van der Waals surface area (Å²) in [5, 5.41) is 22.0. The first kappa shape index (κ1) is 20.7. The molecule has 0 radical (unpaired) electrons. The Bertz CT molecular complexity index is 1240. The van der Waals surface area contributed by atoms with Crippen LogP contribution in [0.25, 0.3) is 11.8 Å². The maximum absolute atomic E-state index is 12.9. The van der Waals surface area contributed by atoms with E-state index in [1.165, 1.54) is 10.8 Å². The third kappa shape index (κ3) is 3.76. The molecule has 3 rings (SSSR count). The Kier molecular flexibility index (Phi) is 5.61. The molecular formula is C23H22N4O3. The van der Waals surface area contributed by atoms with Gasteiger partial charge in [-0.2, -0.15) is 5.26 Å². The fraction of sp³-hybridized carbons (Fsp3) is 0.174. The number of carbonyl (C=O) groups excluding carboxylic acids is 1. The van der Waals surface area contributed by atoms with Crippen LogP contribution in [0.4, 0.5) is 5.69 Å². The molecule has 30 heavy (non-hydrogen) atoms. The molecule has 0 aliphatic heterocycles. The first-order chi connectivity index (χ1) is 14.2. The standard InChI is InChI=1S/C23H22N4O3/c1-14-10-17(11-15(2)21(14)28)12-18(13-24)22(29)25-20-16(3)26(4)27(23(20)30)19-8-6-5-7-9-19/h5-12,28H,1-4H3,(H,25,29)/b18-12+. The number of benzene rings is 2. The first-order valence-electron chi connectivity index (χ1n) is 9.32. The van der Waals surface area contributed by atoms with Crippen molar-refractivity contribution in [2.45, 2.75) is 20.8 Å². The number of aromatic hydroxyl groups is 1. The minimum absolute atomic E-state index is 0.116. The predicted molar refractivity (Wildman–Crippen MR) is 116 cm³/mol. The molecule has 1 aromatic heterocycles. The molecule has 0 fully saturated rings. The summed E-state index contributed by atoms with van der Waals surface area (Å²) in [5.74, 6) is -0.497. The minimum atomic E-state index is -0.674. The average molecular weight is 402 g/mol. The molecule has 0 aliphatic rings. The van der Waals surface area contributed by atoms with Crippen molar-refractivity contribution < 1.29 is 9.90 Å². The molecule has 3 aromatic rings. The molecule has 7 heteroatoms. The van der Waals surface area contributed by atoms with Gasteiger partial charge in [-0.25, -0.2) is 4.68 Å². The highest BCUT2D eigenvalue weighted by Gasteiger charge is 2.20. The van der Waals surface area contributed by atoms with Crippen LogP contribution in [-0.4, -0.2) is 20.4 Å². The van der Waals surface area contributed by atoms with Gasteiger partial charge in [-0.3, -0.25) is 14.3 Å². The van der Waals surface area contributed by atoms with Crippen LogP contribution < -0.4 is 10.9 Å². The predicted octanol–water partition coefficient (Wildman–Crippen LogP) is 3.35. The molecule has 1 heterocycles. The number of phenolic OH excluding ortho intramolecular Hbond substituents is 1. The van der Waals surface area contributed by atoms with Gasteiger partial charge in [0.15, 0.2) is 0 Å². The van der Waals surface area contributed by atoms with Crippen LogP contribution in [-0.2, 0) is 11.8 Å². The zero-order valence-corrected chi connectivity index (χ0v) is 17.2. The second kappa shape index (κ2) is 8.13. The molecule has 0 atom stereocenters. The molecule has 2 aromatic carbocycles. The smallest absolute Gasteiger partial charge is 0.295 e. The van der Waals surface area contributed by atoms with Crippen LogP contribution in [0.15, 0.2) is 52.8 Å². The minimum Gasteiger partial charge on any atom is -0.507 e. The van der Waals surface area contributed by atoms with Crippen LogP contribution in [0.5, 0.6) is 5.75 Å². The lowest BCUT2D eigenvalue weighted by Gasteiger charge is -2.07. The van der Waals surface area contributed by atoms with Gasteiger partial charge < -0.3 is 10.4 Å². The van der Waals surface area contributed by atoms with Crippen LogP contribution >= 0.6 is 0 Å². The molecule has 1 amide bonds. The molecule has 152 valence electrons. The Hall–Kier alpha value is -4.05. The fourth-order valence-electron chi connectivity index (χ4n) is 3.28. The average Bonchev–Trinajstić information content (AvgIpc) is 2.93. The first-order valence-corrected chi connectivity index (χ1v) is 9.32. The second-order valence-corrected chi connectivity index (χ2v) is 7.06. The molecule has 2 N–H and O–H groups in total. The van der Waals surface area contributed by atoms with E-state index < -0.39 is 5.91 Å². The highest BCUT2D eigenvalue weighted by molar-refractivity contribution is 6.09. The largest absolute Gasteiger partial charge is 0.507 e. The molecule has 0 saturated heterocycles. The topological polar surface area (TPSA) is 100 Å². The van der Waals surface area contributed by atoms with Gasteiger partial charge in [-0.1, -0.05) is 18.2 Å². The lowest BCUT2D eigenvalue weighted by Crippen LogP contribution is -2.23. The van der Waals surface area contributed by atoms with E-state index in [9.17, 15) is 20.0 Å². The Morgan fingerprint density at radius 3 is 2.30 bits per heavy atom. The van der Waals surface area contributed by atoms with Gasteiger partial charge in [0.2, 0.25) is 0 Å². The van der Waals surface area contributed by atoms with E-state index in [-0.39, 0.29) is 22.6 Å². The number of nitriles is 1. The third-order valence-corrected chi connectivity index (χ3v) is 4.98. The van der Waals surface area contributed by atoms with Crippen LogP contribution in [0.2, 0.25) is 0 Å². The zero-order valence-electron chi connectivity index (χ0n) is 17.2. The summed E-state index contributed by atoms with van der Waals surface area (Å²) in [7, 11) is 1.72. The highest BCUT2D eigenvalue weighted by Crippen LogP contribution is 2.24. The summed E-state index contributed by atoms with van der Waals surface area (Å²) in [6, 6.07) is 14.3. The van der Waals surface area contributed by atoms with E-state index in [2.05, 4.69) is 5.32 Å². The summed E-state index contributed by atoms with van der Waals surface area (Å²) in [6.45, 7) is 5.20. The second-order valence-electron chi connectivity index (χ2n) is 7.06. The molecule has 0 saturated carbocycles. The molecule has 0 unspecified atom stereocenters. The molecule has 0 spiro atoms. The Morgan fingerprint density at radius 2 is 1.73 bits per heavy atom. The van der Waals surface area contributed by atoms with Crippen molar-refractivity contribution in [1.29, 1.82) is 5.26 Å². The zero-order chi connectivity index (χ0) is 22.0. The van der Waals surface area contributed by atoms with Crippen molar-refractivity contribution in [2.24, 2.45) is 7.05 Å². The van der Waals surface area contributed by atoms with Gasteiger partial charge in [0.1, 0.15) is 23.1 Å². The number of anilines is 1.